The molecule has 1 heterocycles. The number of piperidine rings is 1. The van der Waals surface area contributed by atoms with Gasteiger partial charge in [-0.1, -0.05) is 28.1 Å². The third kappa shape index (κ3) is 3.95. The fourth-order valence-electron chi connectivity index (χ4n) is 2.81. The van der Waals surface area contributed by atoms with Crippen molar-refractivity contribution in [1.29, 1.82) is 0 Å². The van der Waals surface area contributed by atoms with Crippen LogP contribution in [0.4, 0.5) is 0 Å². The summed E-state index contributed by atoms with van der Waals surface area (Å²) in [5.74, 6) is -0.325. The molecule has 128 valence electrons. The predicted octanol–water partition coefficient (Wildman–Crippen LogP) is 2.94. The summed E-state index contributed by atoms with van der Waals surface area (Å²) in [5, 5.41) is 0.594. The third-order valence-corrected chi connectivity index (χ3v) is 6.61. The largest absolute Gasteiger partial charge is 0.466 e. The predicted molar refractivity (Wildman–Crippen MR) is 91.8 cm³/mol. The SMILES string of the molecule is CCOC(=O)C1(C)CCCN(S(=O)(=O)c2cccc(CBr)c2)C1. The molecule has 0 bridgehead atoms. The first-order valence-electron chi connectivity index (χ1n) is 7.66. The number of ether oxygens (including phenoxy) is 1. The van der Waals surface area contributed by atoms with Crippen molar-refractivity contribution in [2.75, 3.05) is 19.7 Å². The number of nitrogens with zero attached hydrogens (tertiary/aromatic N) is 1. The highest BCUT2D eigenvalue weighted by molar-refractivity contribution is 9.08. The summed E-state index contributed by atoms with van der Waals surface area (Å²) < 4.78 is 32.3. The standard InChI is InChI=1S/C16H22BrNO4S/c1-3-22-15(19)16(2)8-5-9-18(12-16)23(20,21)14-7-4-6-13(10-14)11-17/h4,6-7,10H,3,5,8-9,11-12H2,1-2H3. The molecule has 0 aromatic heterocycles. The number of halogens is 1. The van der Waals surface area contributed by atoms with Gasteiger partial charge in [-0.05, 0) is 44.4 Å². The van der Waals surface area contributed by atoms with Crippen LogP contribution in [0.5, 0.6) is 0 Å². The smallest absolute Gasteiger partial charge is 0.313 e. The monoisotopic (exact) mass is 403 g/mol. The van der Waals surface area contributed by atoms with Gasteiger partial charge in [-0.3, -0.25) is 4.79 Å². The van der Waals surface area contributed by atoms with Crippen molar-refractivity contribution in [1.82, 2.24) is 4.31 Å². The van der Waals surface area contributed by atoms with E-state index in [1.54, 1.807) is 32.0 Å². The second kappa shape index (κ2) is 7.32. The van der Waals surface area contributed by atoms with Crippen LogP contribution in [0, 0.1) is 5.41 Å². The molecule has 1 aliphatic rings. The van der Waals surface area contributed by atoms with Gasteiger partial charge in [0.1, 0.15) is 0 Å². The molecule has 7 heteroatoms. The summed E-state index contributed by atoms with van der Waals surface area (Å²) in [6.45, 7) is 4.42. The van der Waals surface area contributed by atoms with Gasteiger partial charge in [-0.15, -0.1) is 0 Å². The zero-order valence-corrected chi connectivity index (χ0v) is 15.8. The molecule has 0 N–H and O–H groups in total. The van der Waals surface area contributed by atoms with E-state index in [1.165, 1.54) is 4.31 Å². The molecule has 0 spiro atoms. The molecule has 1 aliphatic heterocycles. The third-order valence-electron chi connectivity index (χ3n) is 4.12. The Balaban J connectivity index is 2.27. The van der Waals surface area contributed by atoms with Crippen LogP contribution in [0.3, 0.4) is 0 Å². The fourth-order valence-corrected chi connectivity index (χ4v) is 4.83. The molecule has 23 heavy (non-hydrogen) atoms. The summed E-state index contributed by atoms with van der Waals surface area (Å²) in [6.07, 6.45) is 1.28. The van der Waals surface area contributed by atoms with Crippen molar-refractivity contribution in [3.63, 3.8) is 0 Å². The molecule has 1 unspecified atom stereocenters. The van der Waals surface area contributed by atoms with Gasteiger partial charge in [-0.2, -0.15) is 4.31 Å². The highest BCUT2D eigenvalue weighted by atomic mass is 79.9. The van der Waals surface area contributed by atoms with Crippen LogP contribution in [0.25, 0.3) is 0 Å². The Morgan fingerprint density at radius 3 is 2.83 bits per heavy atom. The number of rotatable bonds is 5. The molecule has 1 aromatic carbocycles. The van der Waals surface area contributed by atoms with Gasteiger partial charge in [-0.25, -0.2) is 8.42 Å². The molecule has 0 radical (unpaired) electrons. The van der Waals surface area contributed by atoms with Crippen LogP contribution >= 0.6 is 15.9 Å². The lowest BCUT2D eigenvalue weighted by Gasteiger charge is -2.37. The van der Waals surface area contributed by atoms with E-state index in [0.717, 1.165) is 5.56 Å². The first-order valence-corrected chi connectivity index (χ1v) is 10.2. The number of benzene rings is 1. The number of carbonyl (C=O) groups excluding carboxylic acids is 1. The average molecular weight is 404 g/mol. The van der Waals surface area contributed by atoms with Crippen LogP contribution < -0.4 is 0 Å². The molecule has 2 rings (SSSR count). The lowest BCUT2D eigenvalue weighted by Crippen LogP contribution is -2.48. The minimum Gasteiger partial charge on any atom is -0.466 e. The lowest BCUT2D eigenvalue weighted by molar-refractivity contribution is -0.156. The number of esters is 1. The zero-order valence-electron chi connectivity index (χ0n) is 13.4. The van der Waals surface area contributed by atoms with E-state index in [1.807, 2.05) is 6.07 Å². The molecule has 0 amide bonds. The molecule has 1 saturated heterocycles. The van der Waals surface area contributed by atoms with Crippen molar-refractivity contribution in [3.8, 4) is 0 Å². The summed E-state index contributed by atoms with van der Waals surface area (Å²) in [6, 6.07) is 6.86. The summed E-state index contributed by atoms with van der Waals surface area (Å²) in [5.41, 5.74) is 0.116. The van der Waals surface area contributed by atoms with Gasteiger partial charge >= 0.3 is 5.97 Å². The number of carbonyl (C=O) groups is 1. The number of alkyl halides is 1. The maximum Gasteiger partial charge on any atom is 0.313 e. The number of sulfonamides is 1. The van der Waals surface area contributed by atoms with E-state index < -0.39 is 15.4 Å². The van der Waals surface area contributed by atoms with E-state index in [-0.39, 0.29) is 17.4 Å². The summed E-state index contributed by atoms with van der Waals surface area (Å²) in [7, 11) is -3.61. The summed E-state index contributed by atoms with van der Waals surface area (Å²) in [4.78, 5) is 12.4. The molecular weight excluding hydrogens is 382 g/mol. The van der Waals surface area contributed by atoms with Gasteiger partial charge in [0.15, 0.2) is 0 Å². The fraction of sp³-hybridized carbons (Fsp3) is 0.562. The van der Waals surface area contributed by atoms with Crippen molar-refractivity contribution in [2.24, 2.45) is 5.41 Å². The van der Waals surface area contributed by atoms with Crippen molar-refractivity contribution in [3.05, 3.63) is 29.8 Å². The van der Waals surface area contributed by atoms with Crippen LogP contribution in [-0.2, 0) is 24.9 Å². The maximum atomic E-state index is 12.9. The maximum absolute atomic E-state index is 12.9. The Labute approximate surface area is 146 Å². The van der Waals surface area contributed by atoms with E-state index >= 15 is 0 Å². The van der Waals surface area contributed by atoms with Crippen LogP contribution in [0.15, 0.2) is 29.2 Å². The van der Waals surface area contributed by atoms with Crippen LogP contribution in [0.2, 0.25) is 0 Å². The molecular formula is C16H22BrNO4S. The minimum absolute atomic E-state index is 0.159. The Morgan fingerprint density at radius 2 is 2.17 bits per heavy atom. The Bertz CT molecular complexity index is 676. The lowest BCUT2D eigenvalue weighted by atomic mass is 9.83. The molecule has 1 fully saturated rings. The normalized spacial score (nSPS) is 22.7. The van der Waals surface area contributed by atoms with E-state index in [4.69, 9.17) is 4.74 Å². The Kier molecular flexibility index (Phi) is 5.86. The van der Waals surface area contributed by atoms with Gasteiger partial charge in [0.05, 0.1) is 16.9 Å². The number of hydrogen-bond acceptors (Lipinski definition) is 4. The second-order valence-electron chi connectivity index (χ2n) is 6.00. The molecule has 1 aromatic rings. The van der Waals surface area contributed by atoms with E-state index in [2.05, 4.69) is 15.9 Å². The summed E-state index contributed by atoms with van der Waals surface area (Å²) >= 11 is 3.34. The van der Waals surface area contributed by atoms with Gasteiger partial charge in [0, 0.05) is 18.4 Å². The van der Waals surface area contributed by atoms with Crippen molar-refractivity contribution in [2.45, 2.75) is 36.9 Å². The van der Waals surface area contributed by atoms with Crippen molar-refractivity contribution >= 4 is 31.9 Å². The highest BCUT2D eigenvalue weighted by Crippen LogP contribution is 2.34. The first-order chi connectivity index (χ1) is 10.8. The van der Waals surface area contributed by atoms with Crippen LogP contribution in [-0.4, -0.2) is 38.4 Å². The zero-order chi connectivity index (χ0) is 17.1. The quantitative estimate of drug-likeness (QED) is 0.559. The Morgan fingerprint density at radius 1 is 1.43 bits per heavy atom. The van der Waals surface area contributed by atoms with Gasteiger partial charge < -0.3 is 4.74 Å². The molecule has 0 aliphatic carbocycles. The highest BCUT2D eigenvalue weighted by Gasteiger charge is 2.42. The first kappa shape index (κ1) is 18.4. The van der Waals surface area contributed by atoms with Crippen molar-refractivity contribution < 1.29 is 17.9 Å². The molecule has 5 nitrogen and oxygen atoms in total. The minimum atomic E-state index is -3.61. The number of hydrogen-bond donors (Lipinski definition) is 0. The van der Waals surface area contributed by atoms with Gasteiger partial charge in [0.25, 0.3) is 0 Å². The Hall–Kier alpha value is -0.920. The second-order valence-corrected chi connectivity index (χ2v) is 8.50. The van der Waals surface area contributed by atoms with Crippen LogP contribution in [0.1, 0.15) is 32.3 Å². The topological polar surface area (TPSA) is 63.7 Å². The van der Waals surface area contributed by atoms with E-state index in [9.17, 15) is 13.2 Å². The molecule has 1 atom stereocenters. The average Bonchev–Trinajstić information content (AvgIpc) is 2.55. The van der Waals surface area contributed by atoms with E-state index in [0.29, 0.717) is 31.3 Å². The van der Waals surface area contributed by atoms with Gasteiger partial charge in [0.2, 0.25) is 10.0 Å². The molecule has 0 saturated carbocycles.